The largest absolute Gasteiger partial charge is 0.375 e. The molecular formula is C14H22FN3O. The van der Waals surface area contributed by atoms with Crippen LogP contribution in [0, 0.1) is 5.82 Å². The predicted octanol–water partition coefficient (Wildman–Crippen LogP) is 1.63. The average molecular weight is 267 g/mol. The van der Waals surface area contributed by atoms with Crippen molar-refractivity contribution in [1.82, 2.24) is 0 Å². The molecule has 1 amide bonds. The number of primary amides is 1. The van der Waals surface area contributed by atoms with E-state index in [-0.39, 0.29) is 5.82 Å². The quantitative estimate of drug-likeness (QED) is 0.738. The third kappa shape index (κ3) is 4.87. The van der Waals surface area contributed by atoms with E-state index in [1.807, 2.05) is 18.0 Å². The SMILES string of the molecule is CN(CCCCC(C)(N)C(N)=O)c1cccc(F)c1. The van der Waals surface area contributed by atoms with E-state index >= 15 is 0 Å². The topological polar surface area (TPSA) is 72.3 Å². The summed E-state index contributed by atoms with van der Waals surface area (Å²) in [7, 11) is 1.91. The van der Waals surface area contributed by atoms with Crippen LogP contribution in [0.5, 0.6) is 0 Å². The molecule has 0 saturated carbocycles. The monoisotopic (exact) mass is 267 g/mol. The third-order valence-corrected chi connectivity index (χ3v) is 3.25. The maximum Gasteiger partial charge on any atom is 0.237 e. The van der Waals surface area contributed by atoms with Crippen LogP contribution in [0.15, 0.2) is 24.3 Å². The van der Waals surface area contributed by atoms with Crippen molar-refractivity contribution in [2.45, 2.75) is 31.7 Å². The number of carbonyl (C=O) groups is 1. The molecule has 0 radical (unpaired) electrons. The van der Waals surface area contributed by atoms with Crippen LogP contribution in [0.25, 0.3) is 0 Å². The second-order valence-electron chi connectivity index (χ2n) is 5.14. The van der Waals surface area contributed by atoms with Crippen molar-refractivity contribution in [3.8, 4) is 0 Å². The molecule has 0 spiro atoms. The average Bonchev–Trinajstić information content (AvgIpc) is 2.34. The smallest absolute Gasteiger partial charge is 0.237 e. The zero-order valence-electron chi connectivity index (χ0n) is 11.5. The minimum atomic E-state index is -0.947. The van der Waals surface area contributed by atoms with Gasteiger partial charge in [0.15, 0.2) is 0 Å². The lowest BCUT2D eigenvalue weighted by atomic mass is 9.95. The third-order valence-electron chi connectivity index (χ3n) is 3.25. The zero-order chi connectivity index (χ0) is 14.5. The first-order valence-corrected chi connectivity index (χ1v) is 6.38. The van der Waals surface area contributed by atoms with Crippen molar-refractivity contribution >= 4 is 11.6 Å². The molecule has 1 atom stereocenters. The molecule has 106 valence electrons. The number of hydrogen-bond donors (Lipinski definition) is 2. The van der Waals surface area contributed by atoms with Gasteiger partial charge in [-0.05, 0) is 44.4 Å². The second-order valence-corrected chi connectivity index (χ2v) is 5.14. The molecule has 1 unspecified atom stereocenters. The minimum Gasteiger partial charge on any atom is -0.375 e. The lowest BCUT2D eigenvalue weighted by molar-refractivity contribution is -0.122. The molecule has 1 rings (SSSR count). The molecule has 4 nitrogen and oxygen atoms in total. The number of rotatable bonds is 7. The van der Waals surface area contributed by atoms with E-state index < -0.39 is 11.4 Å². The number of hydrogen-bond acceptors (Lipinski definition) is 3. The van der Waals surface area contributed by atoms with Gasteiger partial charge in [0.1, 0.15) is 5.82 Å². The highest BCUT2D eigenvalue weighted by Gasteiger charge is 2.24. The maximum absolute atomic E-state index is 13.1. The maximum atomic E-state index is 13.1. The Hall–Kier alpha value is -1.62. The number of halogens is 1. The van der Waals surface area contributed by atoms with Gasteiger partial charge in [0, 0.05) is 19.3 Å². The van der Waals surface area contributed by atoms with E-state index in [2.05, 4.69) is 0 Å². The number of unbranched alkanes of at least 4 members (excludes halogenated alkanes) is 1. The molecule has 5 heteroatoms. The van der Waals surface area contributed by atoms with Gasteiger partial charge in [0.2, 0.25) is 5.91 Å². The van der Waals surface area contributed by atoms with Crippen molar-refractivity contribution < 1.29 is 9.18 Å². The standard InChI is InChI=1S/C14H22FN3O/c1-14(17,13(16)19)8-3-4-9-18(2)12-7-5-6-11(15)10-12/h5-7,10H,3-4,8-9,17H2,1-2H3,(H2,16,19). The van der Waals surface area contributed by atoms with Gasteiger partial charge in [-0.25, -0.2) is 4.39 Å². The van der Waals surface area contributed by atoms with Gasteiger partial charge in [0.05, 0.1) is 5.54 Å². The Labute approximate surface area is 113 Å². The lowest BCUT2D eigenvalue weighted by Gasteiger charge is -2.22. The summed E-state index contributed by atoms with van der Waals surface area (Å²) in [5.74, 6) is -0.724. The molecule has 0 aliphatic rings. The summed E-state index contributed by atoms with van der Waals surface area (Å²) in [6.07, 6.45) is 2.22. The van der Waals surface area contributed by atoms with Crippen molar-refractivity contribution in [2.75, 3.05) is 18.5 Å². The molecule has 0 bridgehead atoms. The number of anilines is 1. The lowest BCUT2D eigenvalue weighted by Crippen LogP contribution is -2.49. The van der Waals surface area contributed by atoms with E-state index in [1.165, 1.54) is 12.1 Å². The highest BCUT2D eigenvalue weighted by molar-refractivity contribution is 5.83. The summed E-state index contributed by atoms with van der Waals surface area (Å²) in [6, 6.07) is 6.46. The Morgan fingerprint density at radius 2 is 2.11 bits per heavy atom. The highest BCUT2D eigenvalue weighted by atomic mass is 19.1. The summed E-state index contributed by atoms with van der Waals surface area (Å²) in [6.45, 7) is 2.42. The second kappa shape index (κ2) is 6.52. The summed E-state index contributed by atoms with van der Waals surface area (Å²) in [5.41, 5.74) is 10.9. The molecule has 0 aromatic heterocycles. The van der Waals surface area contributed by atoms with Crippen molar-refractivity contribution in [2.24, 2.45) is 11.5 Å². The molecule has 0 saturated heterocycles. The van der Waals surface area contributed by atoms with E-state index in [1.54, 1.807) is 13.0 Å². The van der Waals surface area contributed by atoms with Crippen LogP contribution >= 0.6 is 0 Å². The van der Waals surface area contributed by atoms with Crippen LogP contribution in [0.4, 0.5) is 10.1 Å². The van der Waals surface area contributed by atoms with Crippen LogP contribution in [-0.2, 0) is 4.79 Å². The van der Waals surface area contributed by atoms with Crippen molar-refractivity contribution in [1.29, 1.82) is 0 Å². The van der Waals surface area contributed by atoms with Crippen LogP contribution < -0.4 is 16.4 Å². The minimum absolute atomic E-state index is 0.243. The number of benzene rings is 1. The first-order valence-electron chi connectivity index (χ1n) is 6.38. The van der Waals surface area contributed by atoms with Gasteiger partial charge in [-0.3, -0.25) is 4.79 Å². The van der Waals surface area contributed by atoms with Gasteiger partial charge in [0.25, 0.3) is 0 Å². The molecule has 0 fully saturated rings. The first-order chi connectivity index (χ1) is 8.83. The van der Waals surface area contributed by atoms with Gasteiger partial charge < -0.3 is 16.4 Å². The zero-order valence-corrected chi connectivity index (χ0v) is 11.5. The summed E-state index contributed by atoms with van der Waals surface area (Å²) in [5, 5.41) is 0. The van der Waals surface area contributed by atoms with Gasteiger partial charge in [-0.1, -0.05) is 6.07 Å². The molecule has 1 aromatic rings. The first kappa shape index (κ1) is 15.4. The molecule has 19 heavy (non-hydrogen) atoms. The number of amides is 1. The van der Waals surface area contributed by atoms with Crippen LogP contribution in [0.1, 0.15) is 26.2 Å². The number of nitrogens with zero attached hydrogens (tertiary/aromatic N) is 1. The Balaban J connectivity index is 2.36. The summed E-state index contributed by atoms with van der Waals surface area (Å²) in [4.78, 5) is 13.0. The van der Waals surface area contributed by atoms with E-state index in [4.69, 9.17) is 11.5 Å². The predicted molar refractivity (Wildman–Crippen MR) is 75.3 cm³/mol. The number of carbonyl (C=O) groups excluding carboxylic acids is 1. The molecule has 1 aromatic carbocycles. The fraction of sp³-hybridized carbons (Fsp3) is 0.500. The number of nitrogens with two attached hydrogens (primary N) is 2. The molecule has 0 aliphatic heterocycles. The molecular weight excluding hydrogens is 245 g/mol. The van der Waals surface area contributed by atoms with Gasteiger partial charge >= 0.3 is 0 Å². The molecule has 0 aliphatic carbocycles. The van der Waals surface area contributed by atoms with Gasteiger partial charge in [-0.2, -0.15) is 0 Å². The van der Waals surface area contributed by atoms with Crippen molar-refractivity contribution in [3.63, 3.8) is 0 Å². The Bertz CT molecular complexity index is 434. The van der Waals surface area contributed by atoms with Crippen LogP contribution in [-0.4, -0.2) is 25.0 Å². The Kier molecular flexibility index (Phi) is 5.30. The molecule has 4 N–H and O–H groups in total. The fourth-order valence-electron chi connectivity index (χ4n) is 1.81. The molecule has 0 heterocycles. The summed E-state index contributed by atoms with van der Waals surface area (Å²) >= 11 is 0. The Morgan fingerprint density at radius 1 is 1.42 bits per heavy atom. The van der Waals surface area contributed by atoms with Crippen LogP contribution in [0.2, 0.25) is 0 Å². The fourth-order valence-corrected chi connectivity index (χ4v) is 1.81. The van der Waals surface area contributed by atoms with Crippen LogP contribution in [0.3, 0.4) is 0 Å². The highest BCUT2D eigenvalue weighted by Crippen LogP contribution is 2.16. The summed E-state index contributed by atoms with van der Waals surface area (Å²) < 4.78 is 13.1. The van der Waals surface area contributed by atoms with E-state index in [0.29, 0.717) is 6.42 Å². The van der Waals surface area contributed by atoms with Gasteiger partial charge in [-0.15, -0.1) is 0 Å². The Morgan fingerprint density at radius 3 is 2.68 bits per heavy atom. The normalized spacial score (nSPS) is 13.9. The van der Waals surface area contributed by atoms with E-state index in [0.717, 1.165) is 25.1 Å². The van der Waals surface area contributed by atoms with E-state index in [9.17, 15) is 9.18 Å². The van der Waals surface area contributed by atoms with Crippen molar-refractivity contribution in [3.05, 3.63) is 30.1 Å².